The molecule has 0 bridgehead atoms. The SMILES string of the molecule is Cc1cccc(CN(C)C(=O)NCC(=O)O)c1. The van der Waals surface area contributed by atoms with E-state index in [0.717, 1.165) is 11.1 Å². The molecule has 92 valence electrons. The fourth-order valence-corrected chi connectivity index (χ4v) is 1.44. The molecular formula is C12H16N2O3. The van der Waals surface area contributed by atoms with Crippen LogP contribution >= 0.6 is 0 Å². The second-order valence-corrected chi connectivity index (χ2v) is 3.90. The van der Waals surface area contributed by atoms with E-state index in [1.807, 2.05) is 31.2 Å². The van der Waals surface area contributed by atoms with Gasteiger partial charge in [-0.2, -0.15) is 0 Å². The van der Waals surface area contributed by atoms with Crippen molar-refractivity contribution in [3.8, 4) is 0 Å². The molecule has 0 aliphatic heterocycles. The number of amides is 2. The third kappa shape index (κ3) is 4.55. The molecule has 0 aliphatic carbocycles. The van der Waals surface area contributed by atoms with Crippen LogP contribution in [-0.4, -0.2) is 35.6 Å². The predicted octanol–water partition coefficient (Wildman–Crippen LogP) is 1.22. The topological polar surface area (TPSA) is 69.6 Å². The highest BCUT2D eigenvalue weighted by Crippen LogP contribution is 2.06. The summed E-state index contributed by atoms with van der Waals surface area (Å²) in [7, 11) is 1.62. The molecule has 0 spiro atoms. The summed E-state index contributed by atoms with van der Waals surface area (Å²) in [5.74, 6) is -1.05. The Hall–Kier alpha value is -2.04. The average molecular weight is 236 g/mol. The number of nitrogens with zero attached hydrogens (tertiary/aromatic N) is 1. The molecule has 1 aromatic carbocycles. The zero-order valence-electron chi connectivity index (χ0n) is 9.93. The number of rotatable bonds is 4. The van der Waals surface area contributed by atoms with Gasteiger partial charge in [-0.05, 0) is 12.5 Å². The van der Waals surface area contributed by atoms with Crippen molar-refractivity contribution in [3.05, 3.63) is 35.4 Å². The lowest BCUT2D eigenvalue weighted by Crippen LogP contribution is -2.39. The smallest absolute Gasteiger partial charge is 0.323 e. The summed E-state index contributed by atoms with van der Waals surface area (Å²) in [5, 5.41) is 10.7. The highest BCUT2D eigenvalue weighted by Gasteiger charge is 2.09. The zero-order chi connectivity index (χ0) is 12.8. The summed E-state index contributed by atoms with van der Waals surface area (Å²) in [5.41, 5.74) is 2.14. The summed E-state index contributed by atoms with van der Waals surface area (Å²) in [6.45, 7) is 2.07. The average Bonchev–Trinajstić information content (AvgIpc) is 2.25. The third-order valence-electron chi connectivity index (χ3n) is 2.24. The van der Waals surface area contributed by atoms with Crippen LogP contribution in [0.25, 0.3) is 0 Å². The number of nitrogens with one attached hydrogen (secondary N) is 1. The maximum atomic E-state index is 11.5. The number of aryl methyl sites for hydroxylation is 1. The highest BCUT2D eigenvalue weighted by atomic mass is 16.4. The van der Waals surface area contributed by atoms with Gasteiger partial charge >= 0.3 is 12.0 Å². The van der Waals surface area contributed by atoms with Crippen LogP contribution in [0.2, 0.25) is 0 Å². The van der Waals surface area contributed by atoms with E-state index in [2.05, 4.69) is 5.32 Å². The Morgan fingerprint density at radius 1 is 1.41 bits per heavy atom. The molecule has 1 rings (SSSR count). The summed E-state index contributed by atoms with van der Waals surface area (Å²) in [4.78, 5) is 23.2. The van der Waals surface area contributed by atoms with Crippen molar-refractivity contribution in [2.24, 2.45) is 0 Å². The first-order valence-electron chi connectivity index (χ1n) is 5.25. The summed E-state index contributed by atoms with van der Waals surface area (Å²) >= 11 is 0. The first kappa shape index (κ1) is 13.0. The number of carboxylic acid groups (broad SMARTS) is 1. The van der Waals surface area contributed by atoms with Gasteiger partial charge in [0.15, 0.2) is 0 Å². The molecule has 17 heavy (non-hydrogen) atoms. The van der Waals surface area contributed by atoms with Gasteiger partial charge in [-0.15, -0.1) is 0 Å². The van der Waals surface area contributed by atoms with Crippen LogP contribution in [0.3, 0.4) is 0 Å². The molecule has 0 saturated heterocycles. The monoisotopic (exact) mass is 236 g/mol. The molecule has 5 nitrogen and oxygen atoms in total. The quantitative estimate of drug-likeness (QED) is 0.825. The van der Waals surface area contributed by atoms with Crippen LogP contribution in [0.1, 0.15) is 11.1 Å². The minimum Gasteiger partial charge on any atom is -0.480 e. The van der Waals surface area contributed by atoms with Crippen molar-refractivity contribution in [2.45, 2.75) is 13.5 Å². The Morgan fingerprint density at radius 3 is 2.71 bits per heavy atom. The first-order chi connectivity index (χ1) is 7.99. The standard InChI is InChI=1S/C12H16N2O3/c1-9-4-3-5-10(6-9)8-14(2)12(17)13-7-11(15)16/h3-6H,7-8H2,1-2H3,(H,13,17)(H,15,16). The molecule has 0 aromatic heterocycles. The minimum absolute atomic E-state index is 0.364. The fraction of sp³-hybridized carbons (Fsp3) is 0.333. The lowest BCUT2D eigenvalue weighted by molar-refractivity contribution is -0.135. The van der Waals surface area contributed by atoms with Crippen molar-refractivity contribution in [1.29, 1.82) is 0 Å². The lowest BCUT2D eigenvalue weighted by atomic mass is 10.1. The number of hydrogen-bond acceptors (Lipinski definition) is 2. The van der Waals surface area contributed by atoms with E-state index in [1.165, 1.54) is 4.90 Å². The van der Waals surface area contributed by atoms with Gasteiger partial charge in [-0.3, -0.25) is 4.79 Å². The predicted molar refractivity (Wildman–Crippen MR) is 63.7 cm³/mol. The minimum atomic E-state index is -1.05. The van der Waals surface area contributed by atoms with E-state index in [1.54, 1.807) is 7.05 Å². The molecule has 0 heterocycles. The number of carboxylic acids is 1. The maximum Gasteiger partial charge on any atom is 0.323 e. The molecule has 0 aliphatic rings. The summed E-state index contributed by atoms with van der Waals surface area (Å²) < 4.78 is 0. The fourth-order valence-electron chi connectivity index (χ4n) is 1.44. The Kier molecular flexibility index (Phi) is 4.51. The Morgan fingerprint density at radius 2 is 2.12 bits per heavy atom. The number of hydrogen-bond donors (Lipinski definition) is 2. The van der Waals surface area contributed by atoms with Crippen LogP contribution in [0.15, 0.2) is 24.3 Å². The van der Waals surface area contributed by atoms with E-state index in [4.69, 9.17) is 5.11 Å². The number of benzene rings is 1. The van der Waals surface area contributed by atoms with Crippen LogP contribution in [0.5, 0.6) is 0 Å². The van der Waals surface area contributed by atoms with Gasteiger partial charge in [-0.1, -0.05) is 29.8 Å². The normalized spacial score (nSPS) is 9.76. The highest BCUT2D eigenvalue weighted by molar-refractivity contribution is 5.79. The molecule has 0 saturated carbocycles. The lowest BCUT2D eigenvalue weighted by Gasteiger charge is -2.17. The van der Waals surface area contributed by atoms with Gasteiger partial charge in [0.2, 0.25) is 0 Å². The number of carbonyl (C=O) groups excluding carboxylic acids is 1. The second-order valence-electron chi connectivity index (χ2n) is 3.90. The Balaban J connectivity index is 2.51. The molecule has 0 atom stereocenters. The van der Waals surface area contributed by atoms with E-state index >= 15 is 0 Å². The van der Waals surface area contributed by atoms with E-state index in [0.29, 0.717) is 6.54 Å². The van der Waals surface area contributed by atoms with Crippen molar-refractivity contribution in [2.75, 3.05) is 13.6 Å². The molecule has 0 fully saturated rings. The van der Waals surface area contributed by atoms with Crippen molar-refractivity contribution in [1.82, 2.24) is 10.2 Å². The van der Waals surface area contributed by atoms with E-state index < -0.39 is 12.0 Å². The third-order valence-corrected chi connectivity index (χ3v) is 2.24. The molecular weight excluding hydrogens is 220 g/mol. The Labute approximate surface area is 100 Å². The number of aliphatic carboxylic acids is 1. The molecule has 2 N–H and O–H groups in total. The van der Waals surface area contributed by atoms with Gasteiger partial charge in [0, 0.05) is 13.6 Å². The first-order valence-corrected chi connectivity index (χ1v) is 5.25. The number of carbonyl (C=O) groups is 2. The van der Waals surface area contributed by atoms with Gasteiger partial charge in [0.25, 0.3) is 0 Å². The molecule has 1 aromatic rings. The largest absolute Gasteiger partial charge is 0.480 e. The van der Waals surface area contributed by atoms with Gasteiger partial charge in [0.1, 0.15) is 6.54 Å². The van der Waals surface area contributed by atoms with Crippen molar-refractivity contribution < 1.29 is 14.7 Å². The summed E-state index contributed by atoms with van der Waals surface area (Å²) in [6.07, 6.45) is 0. The van der Waals surface area contributed by atoms with Gasteiger partial charge < -0.3 is 15.3 Å². The van der Waals surface area contributed by atoms with Crippen LogP contribution in [0, 0.1) is 6.92 Å². The molecule has 5 heteroatoms. The van der Waals surface area contributed by atoms with Crippen LogP contribution in [-0.2, 0) is 11.3 Å². The second kappa shape index (κ2) is 5.89. The van der Waals surface area contributed by atoms with E-state index in [9.17, 15) is 9.59 Å². The van der Waals surface area contributed by atoms with Crippen LogP contribution in [0.4, 0.5) is 4.79 Å². The summed E-state index contributed by atoms with van der Waals surface area (Å²) in [6, 6.07) is 7.42. The van der Waals surface area contributed by atoms with Gasteiger partial charge in [0.05, 0.1) is 0 Å². The van der Waals surface area contributed by atoms with Crippen molar-refractivity contribution in [3.63, 3.8) is 0 Å². The molecule has 0 unspecified atom stereocenters. The van der Waals surface area contributed by atoms with E-state index in [-0.39, 0.29) is 6.54 Å². The van der Waals surface area contributed by atoms with Crippen molar-refractivity contribution >= 4 is 12.0 Å². The van der Waals surface area contributed by atoms with Gasteiger partial charge in [-0.25, -0.2) is 4.79 Å². The number of urea groups is 1. The van der Waals surface area contributed by atoms with Crippen LogP contribution < -0.4 is 5.32 Å². The molecule has 2 amide bonds. The molecule has 0 radical (unpaired) electrons. The maximum absolute atomic E-state index is 11.5. The zero-order valence-corrected chi connectivity index (χ0v) is 9.93. The Bertz CT molecular complexity index is 418.